The van der Waals surface area contributed by atoms with Gasteiger partial charge in [-0.1, -0.05) is 182 Å². The molecule has 3 heteroatoms. The maximum Gasteiger partial charge on any atom is 0.160 e. The third kappa shape index (κ3) is 6.43. The summed E-state index contributed by atoms with van der Waals surface area (Å²) in [6, 6.07) is 78.7. The van der Waals surface area contributed by atoms with E-state index in [2.05, 4.69) is 206 Å². The topological polar surface area (TPSA) is 38.7 Å². The van der Waals surface area contributed by atoms with E-state index in [-0.39, 0.29) is 0 Å². The normalized spacial score (nSPS) is 14.0. The molecule has 10 aromatic rings. The van der Waals surface area contributed by atoms with E-state index in [0.29, 0.717) is 5.82 Å². The fourth-order valence-electron chi connectivity index (χ4n) is 9.46. The van der Waals surface area contributed by atoms with Crippen LogP contribution in [0.1, 0.15) is 27.8 Å². The smallest absolute Gasteiger partial charge is 0.160 e. The third-order valence-corrected chi connectivity index (χ3v) is 12.4. The van der Waals surface area contributed by atoms with Crippen LogP contribution in [0.5, 0.6) is 0 Å². The van der Waals surface area contributed by atoms with Gasteiger partial charge >= 0.3 is 0 Å². The molecule has 1 unspecified atom stereocenters. The van der Waals surface area contributed by atoms with Gasteiger partial charge < -0.3 is 0 Å². The van der Waals surface area contributed by atoms with Gasteiger partial charge in [-0.2, -0.15) is 0 Å². The molecule has 0 radical (unpaired) electrons. The fourth-order valence-corrected chi connectivity index (χ4v) is 9.46. The number of pyridine rings is 1. The van der Waals surface area contributed by atoms with Gasteiger partial charge in [-0.15, -0.1) is 0 Å². The minimum absolute atomic E-state index is 0.606. The van der Waals surface area contributed by atoms with Crippen molar-refractivity contribution >= 4 is 0 Å². The van der Waals surface area contributed by atoms with Crippen molar-refractivity contribution in [3.63, 3.8) is 0 Å². The van der Waals surface area contributed by atoms with Crippen molar-refractivity contribution in [2.45, 2.75) is 12.3 Å². The maximum atomic E-state index is 5.27. The second-order valence-corrected chi connectivity index (χ2v) is 16.0. The summed E-state index contributed by atoms with van der Waals surface area (Å²) in [5.41, 5.74) is 19.9. The lowest BCUT2D eigenvalue weighted by atomic mass is 9.67. The first-order chi connectivity index (χ1) is 30.6. The molecule has 0 saturated heterocycles. The van der Waals surface area contributed by atoms with Gasteiger partial charge in [0.25, 0.3) is 0 Å². The lowest BCUT2D eigenvalue weighted by Gasteiger charge is -2.34. The highest BCUT2D eigenvalue weighted by Crippen LogP contribution is 2.57. The Bertz CT molecular complexity index is 3190. The van der Waals surface area contributed by atoms with Crippen molar-refractivity contribution in [1.82, 2.24) is 15.0 Å². The van der Waals surface area contributed by atoms with Crippen molar-refractivity contribution in [2.24, 2.45) is 0 Å². The molecule has 0 N–H and O–H groups in total. The quantitative estimate of drug-likeness (QED) is 0.154. The fraction of sp³-hybridized carbons (Fsp3) is 0.0339. The molecule has 0 amide bonds. The first-order valence-electron chi connectivity index (χ1n) is 21.2. The van der Waals surface area contributed by atoms with E-state index in [1.165, 1.54) is 66.8 Å². The lowest BCUT2D eigenvalue weighted by Crippen LogP contribution is -2.28. The predicted molar refractivity (Wildman–Crippen MR) is 254 cm³/mol. The number of benzene rings is 8. The Kier molecular flexibility index (Phi) is 9.28. The number of fused-ring (bicyclic) bond motifs is 3. The van der Waals surface area contributed by atoms with Crippen LogP contribution in [0.25, 0.3) is 78.4 Å². The second-order valence-electron chi connectivity index (χ2n) is 16.0. The number of aryl methyl sites for hydroxylation is 1. The monoisotopic (exact) mass is 791 g/mol. The van der Waals surface area contributed by atoms with E-state index in [4.69, 9.17) is 9.97 Å². The summed E-state index contributed by atoms with van der Waals surface area (Å²) in [5, 5.41) is 0. The SMILES string of the molecule is Cc1cnccc1-c1cccc(-c2cccc(-c3cccc(C4(c5ccccc5)c5ccccc5-c5ccc(-c6cc(-c7ccccc7)nc(-c7ccccc7)n6)cc54)c3)c2)c1. The lowest BCUT2D eigenvalue weighted by molar-refractivity contribution is 0.769. The molecule has 3 nitrogen and oxygen atoms in total. The number of hydrogen-bond donors (Lipinski definition) is 0. The van der Waals surface area contributed by atoms with Crippen molar-refractivity contribution < 1.29 is 0 Å². The molecule has 2 aromatic heterocycles. The highest BCUT2D eigenvalue weighted by Gasteiger charge is 2.46. The summed E-state index contributed by atoms with van der Waals surface area (Å²) in [4.78, 5) is 14.7. The minimum Gasteiger partial charge on any atom is -0.264 e. The Morgan fingerprint density at radius 2 is 0.871 bits per heavy atom. The molecule has 0 aliphatic heterocycles. The largest absolute Gasteiger partial charge is 0.264 e. The first kappa shape index (κ1) is 37.0. The van der Waals surface area contributed by atoms with E-state index in [1.807, 2.05) is 36.7 Å². The number of rotatable bonds is 8. The van der Waals surface area contributed by atoms with Gasteiger partial charge in [0.15, 0.2) is 5.82 Å². The average molecular weight is 792 g/mol. The van der Waals surface area contributed by atoms with Crippen molar-refractivity contribution in [2.75, 3.05) is 0 Å². The molecule has 0 saturated carbocycles. The van der Waals surface area contributed by atoms with Crippen LogP contribution in [0, 0.1) is 6.92 Å². The van der Waals surface area contributed by atoms with Gasteiger partial charge in [0, 0.05) is 29.1 Å². The van der Waals surface area contributed by atoms with Gasteiger partial charge in [0.05, 0.1) is 16.8 Å². The zero-order valence-electron chi connectivity index (χ0n) is 34.3. The van der Waals surface area contributed by atoms with Crippen LogP contribution in [-0.2, 0) is 5.41 Å². The molecule has 0 spiro atoms. The summed E-state index contributed by atoms with van der Waals surface area (Å²) in [6.45, 7) is 2.12. The summed E-state index contributed by atoms with van der Waals surface area (Å²) >= 11 is 0. The summed E-state index contributed by atoms with van der Waals surface area (Å²) in [6.07, 6.45) is 3.80. The van der Waals surface area contributed by atoms with Crippen LogP contribution >= 0.6 is 0 Å². The van der Waals surface area contributed by atoms with Gasteiger partial charge in [-0.05, 0) is 116 Å². The van der Waals surface area contributed by atoms with E-state index < -0.39 is 5.41 Å². The molecule has 1 aliphatic carbocycles. The highest BCUT2D eigenvalue weighted by molar-refractivity contribution is 5.89. The zero-order valence-corrected chi connectivity index (χ0v) is 34.3. The summed E-state index contributed by atoms with van der Waals surface area (Å²) in [5.74, 6) is 0.703. The predicted octanol–water partition coefficient (Wildman–Crippen LogP) is 14.5. The molecular formula is C59H41N3. The van der Waals surface area contributed by atoms with Gasteiger partial charge in [0.1, 0.15) is 0 Å². The van der Waals surface area contributed by atoms with Crippen LogP contribution < -0.4 is 0 Å². The van der Waals surface area contributed by atoms with Crippen molar-refractivity contribution in [3.05, 3.63) is 259 Å². The van der Waals surface area contributed by atoms with Gasteiger partial charge in [0.2, 0.25) is 0 Å². The van der Waals surface area contributed by atoms with E-state index >= 15 is 0 Å². The first-order valence-corrected chi connectivity index (χ1v) is 21.2. The highest BCUT2D eigenvalue weighted by atomic mass is 14.9. The molecule has 1 aliphatic rings. The summed E-state index contributed by atoms with van der Waals surface area (Å²) in [7, 11) is 0. The van der Waals surface area contributed by atoms with Crippen molar-refractivity contribution in [1.29, 1.82) is 0 Å². The standard InChI is InChI=1S/C59H41N3/c1-40-39-60-33-32-51(40)47-24-14-22-45(35-47)43-20-13-21-44(34-43)46-23-15-27-50(36-46)59(49-25-9-4-10-26-49)54-29-12-11-28-52(54)53-31-30-48(37-55(53)59)57-38-56(41-16-5-2-6-17-41)61-58(62-57)42-18-7-3-8-19-42/h2-39H,1H3. The van der Waals surface area contributed by atoms with Crippen LogP contribution in [0.2, 0.25) is 0 Å². The second kappa shape index (κ2) is 15.5. The number of nitrogens with zero attached hydrogens (tertiary/aromatic N) is 3. The number of hydrogen-bond acceptors (Lipinski definition) is 3. The third-order valence-electron chi connectivity index (χ3n) is 12.4. The Morgan fingerprint density at radius 3 is 1.58 bits per heavy atom. The average Bonchev–Trinajstić information content (AvgIpc) is 3.65. The molecule has 1 atom stereocenters. The van der Waals surface area contributed by atoms with Crippen LogP contribution in [0.3, 0.4) is 0 Å². The zero-order chi connectivity index (χ0) is 41.5. The van der Waals surface area contributed by atoms with E-state index in [9.17, 15) is 0 Å². The summed E-state index contributed by atoms with van der Waals surface area (Å²) < 4.78 is 0. The molecule has 2 heterocycles. The molecule has 0 bridgehead atoms. The molecule has 62 heavy (non-hydrogen) atoms. The molecule has 11 rings (SSSR count). The molecular weight excluding hydrogens is 751 g/mol. The van der Waals surface area contributed by atoms with Crippen LogP contribution in [0.4, 0.5) is 0 Å². The molecule has 8 aromatic carbocycles. The maximum absolute atomic E-state index is 5.27. The van der Waals surface area contributed by atoms with Crippen LogP contribution in [-0.4, -0.2) is 15.0 Å². The number of aromatic nitrogens is 3. The van der Waals surface area contributed by atoms with Crippen molar-refractivity contribution in [3.8, 4) is 78.4 Å². The van der Waals surface area contributed by atoms with E-state index in [1.54, 1.807) is 0 Å². The molecule has 292 valence electrons. The Labute approximate surface area is 362 Å². The Hall–Kier alpha value is -8.01. The Morgan fingerprint density at radius 1 is 0.339 bits per heavy atom. The van der Waals surface area contributed by atoms with E-state index in [0.717, 1.165) is 33.6 Å². The van der Waals surface area contributed by atoms with Crippen LogP contribution in [0.15, 0.2) is 231 Å². The van der Waals surface area contributed by atoms with Gasteiger partial charge in [-0.3, -0.25) is 4.98 Å². The Balaban J connectivity index is 1.08. The van der Waals surface area contributed by atoms with Gasteiger partial charge in [-0.25, -0.2) is 9.97 Å². The minimum atomic E-state index is -0.606. The molecule has 0 fully saturated rings.